The first kappa shape index (κ1) is 17.6. The Morgan fingerprint density at radius 1 is 1.00 bits per heavy atom. The molecule has 0 aliphatic carbocycles. The Bertz CT molecular complexity index is 960. The monoisotopic (exact) mass is 367 g/mol. The predicted molar refractivity (Wildman–Crippen MR) is 82.0 cm³/mol. The number of rotatable bonds is 4. The van der Waals surface area contributed by atoms with Crippen LogP contribution < -0.4 is 5.32 Å². The molecule has 1 heterocycles. The number of carbonyl (C=O) groups is 1. The van der Waals surface area contributed by atoms with Gasteiger partial charge in [0.1, 0.15) is 5.82 Å². The van der Waals surface area contributed by atoms with Gasteiger partial charge in [-0.25, -0.2) is 22.0 Å². The molecule has 0 aliphatic heterocycles. The van der Waals surface area contributed by atoms with Crippen molar-refractivity contribution in [2.45, 2.75) is 6.54 Å². The van der Waals surface area contributed by atoms with Gasteiger partial charge in [0, 0.05) is 23.9 Å². The molecular weight excluding hydrogens is 357 g/mol. The van der Waals surface area contributed by atoms with Gasteiger partial charge < -0.3 is 5.32 Å². The second-order valence-corrected chi connectivity index (χ2v) is 5.31. The molecule has 3 aromatic rings. The lowest BCUT2D eigenvalue weighted by atomic mass is 10.2. The Balaban J connectivity index is 1.78. The lowest BCUT2D eigenvalue weighted by Crippen LogP contribution is -2.13. The van der Waals surface area contributed by atoms with Crippen molar-refractivity contribution in [2.75, 3.05) is 5.32 Å². The summed E-state index contributed by atoms with van der Waals surface area (Å²) in [5.41, 5.74) is -0.794. The largest absolute Gasteiger partial charge is 0.305 e. The number of anilines is 1. The fourth-order valence-corrected chi connectivity index (χ4v) is 2.26. The highest BCUT2D eigenvalue weighted by atomic mass is 19.2. The smallest absolute Gasteiger partial charge is 0.256 e. The van der Waals surface area contributed by atoms with Crippen LogP contribution in [0.25, 0.3) is 0 Å². The lowest BCUT2D eigenvalue weighted by molar-refractivity contribution is 0.102. The number of hydrogen-bond donors (Lipinski definition) is 1. The molecule has 0 spiro atoms. The zero-order chi connectivity index (χ0) is 18.8. The number of nitrogens with zero attached hydrogens (tertiary/aromatic N) is 2. The van der Waals surface area contributed by atoms with Gasteiger partial charge in [0.2, 0.25) is 0 Å². The zero-order valence-electron chi connectivity index (χ0n) is 12.9. The van der Waals surface area contributed by atoms with Gasteiger partial charge in [-0.15, -0.1) is 0 Å². The van der Waals surface area contributed by atoms with Crippen LogP contribution in [0.1, 0.15) is 15.9 Å². The van der Waals surface area contributed by atoms with Gasteiger partial charge in [-0.05, 0) is 18.2 Å². The second kappa shape index (κ2) is 6.95. The van der Waals surface area contributed by atoms with E-state index in [9.17, 15) is 26.7 Å². The summed E-state index contributed by atoms with van der Waals surface area (Å²) in [6, 6.07) is 6.35. The molecule has 4 nitrogen and oxygen atoms in total. The normalized spacial score (nSPS) is 10.8. The summed E-state index contributed by atoms with van der Waals surface area (Å²) in [7, 11) is 0. The minimum absolute atomic E-state index is 0.0111. The highest BCUT2D eigenvalue weighted by Gasteiger charge is 2.19. The van der Waals surface area contributed by atoms with E-state index in [4.69, 9.17) is 0 Å². The molecule has 0 atom stereocenters. The SMILES string of the molecule is O=C(Nc1ccn(Cc2c(F)c(F)cc(F)c2F)n1)c1cccc(F)c1. The van der Waals surface area contributed by atoms with Crippen LogP contribution in [0.15, 0.2) is 42.6 Å². The summed E-state index contributed by atoms with van der Waals surface area (Å²) in [4.78, 5) is 12.0. The molecule has 26 heavy (non-hydrogen) atoms. The van der Waals surface area contributed by atoms with E-state index < -0.39 is 47.1 Å². The molecule has 3 rings (SSSR count). The van der Waals surface area contributed by atoms with Crippen molar-refractivity contribution < 1.29 is 26.7 Å². The highest BCUT2D eigenvalue weighted by Crippen LogP contribution is 2.20. The number of carbonyl (C=O) groups excluding carboxylic acids is 1. The van der Waals surface area contributed by atoms with Gasteiger partial charge in [-0.3, -0.25) is 9.48 Å². The maximum atomic E-state index is 13.7. The molecule has 134 valence electrons. The Hall–Kier alpha value is -3.23. The standard InChI is InChI=1S/C17H10F5N3O/c18-10-3-1-2-9(6-10)17(26)23-14-4-5-25(24-14)8-11-15(21)12(19)7-13(20)16(11)22/h1-7H,8H2,(H,23,24,26). The number of amides is 1. The third kappa shape index (κ3) is 3.56. The summed E-state index contributed by atoms with van der Waals surface area (Å²) in [5.74, 6) is -7.33. The van der Waals surface area contributed by atoms with E-state index in [-0.39, 0.29) is 17.4 Å². The molecule has 0 unspecified atom stereocenters. The van der Waals surface area contributed by atoms with Crippen LogP contribution in [0, 0.1) is 29.1 Å². The van der Waals surface area contributed by atoms with Crippen LogP contribution in [-0.4, -0.2) is 15.7 Å². The molecule has 9 heteroatoms. The quantitative estimate of drug-likeness (QED) is 0.562. The molecule has 0 radical (unpaired) electrons. The van der Waals surface area contributed by atoms with Gasteiger partial charge in [0.15, 0.2) is 29.1 Å². The van der Waals surface area contributed by atoms with Gasteiger partial charge in [-0.2, -0.15) is 5.10 Å². The average Bonchev–Trinajstić information content (AvgIpc) is 3.04. The van der Waals surface area contributed by atoms with Crippen LogP contribution in [0.2, 0.25) is 0 Å². The molecule has 2 aromatic carbocycles. The fourth-order valence-electron chi connectivity index (χ4n) is 2.26. The maximum absolute atomic E-state index is 13.7. The van der Waals surface area contributed by atoms with Crippen LogP contribution in [0.4, 0.5) is 27.8 Å². The Morgan fingerprint density at radius 2 is 1.69 bits per heavy atom. The van der Waals surface area contributed by atoms with Crippen LogP contribution in [0.3, 0.4) is 0 Å². The first-order valence-electron chi connectivity index (χ1n) is 7.27. The topological polar surface area (TPSA) is 46.9 Å². The predicted octanol–water partition coefficient (Wildman–Crippen LogP) is 3.88. The summed E-state index contributed by atoms with van der Waals surface area (Å²) in [6.45, 7) is -0.595. The highest BCUT2D eigenvalue weighted by molar-refractivity contribution is 6.03. The van der Waals surface area contributed by atoms with Crippen molar-refractivity contribution in [3.63, 3.8) is 0 Å². The van der Waals surface area contributed by atoms with Gasteiger partial charge >= 0.3 is 0 Å². The van der Waals surface area contributed by atoms with Crippen LogP contribution in [0.5, 0.6) is 0 Å². The third-order valence-electron chi connectivity index (χ3n) is 3.49. The molecular formula is C17H10F5N3O. The first-order chi connectivity index (χ1) is 12.3. The number of halogens is 5. The van der Waals surface area contributed by atoms with E-state index in [1.165, 1.54) is 30.5 Å². The zero-order valence-corrected chi connectivity index (χ0v) is 12.9. The molecule has 0 aliphatic rings. The van der Waals surface area contributed by atoms with E-state index in [1.807, 2.05) is 0 Å². The number of hydrogen-bond acceptors (Lipinski definition) is 2. The Kier molecular flexibility index (Phi) is 4.70. The number of benzene rings is 2. The molecule has 1 amide bonds. The van der Waals surface area contributed by atoms with Gasteiger partial charge in [0.25, 0.3) is 5.91 Å². The van der Waals surface area contributed by atoms with Crippen molar-refractivity contribution in [1.82, 2.24) is 9.78 Å². The van der Waals surface area contributed by atoms with E-state index in [0.717, 1.165) is 10.7 Å². The summed E-state index contributed by atoms with van der Waals surface area (Å²) >= 11 is 0. The van der Waals surface area contributed by atoms with E-state index >= 15 is 0 Å². The minimum Gasteiger partial charge on any atom is -0.305 e. The van der Waals surface area contributed by atoms with Crippen LogP contribution >= 0.6 is 0 Å². The minimum atomic E-state index is -1.52. The van der Waals surface area contributed by atoms with Gasteiger partial charge in [-0.1, -0.05) is 6.07 Å². The molecule has 0 bridgehead atoms. The summed E-state index contributed by atoms with van der Waals surface area (Å²) in [6.07, 6.45) is 1.25. The van der Waals surface area contributed by atoms with Crippen molar-refractivity contribution in [2.24, 2.45) is 0 Å². The molecule has 1 N–H and O–H groups in total. The molecule has 1 aromatic heterocycles. The van der Waals surface area contributed by atoms with Crippen molar-refractivity contribution in [1.29, 1.82) is 0 Å². The lowest BCUT2D eigenvalue weighted by Gasteiger charge is -2.07. The van der Waals surface area contributed by atoms with Crippen molar-refractivity contribution in [3.8, 4) is 0 Å². The van der Waals surface area contributed by atoms with Gasteiger partial charge in [0.05, 0.1) is 12.1 Å². The molecule has 0 saturated carbocycles. The number of nitrogens with one attached hydrogen (secondary N) is 1. The van der Waals surface area contributed by atoms with E-state index in [2.05, 4.69) is 10.4 Å². The fraction of sp³-hybridized carbons (Fsp3) is 0.0588. The van der Waals surface area contributed by atoms with E-state index in [0.29, 0.717) is 0 Å². The average molecular weight is 367 g/mol. The maximum Gasteiger partial charge on any atom is 0.256 e. The number of aromatic nitrogens is 2. The van der Waals surface area contributed by atoms with Crippen LogP contribution in [-0.2, 0) is 6.54 Å². The first-order valence-corrected chi connectivity index (χ1v) is 7.27. The molecule has 0 saturated heterocycles. The second-order valence-electron chi connectivity index (χ2n) is 5.31. The molecule has 0 fully saturated rings. The van der Waals surface area contributed by atoms with Crippen molar-refractivity contribution in [3.05, 3.63) is 82.8 Å². The summed E-state index contributed by atoms with van der Waals surface area (Å²) in [5, 5.41) is 6.22. The Morgan fingerprint density at radius 3 is 2.35 bits per heavy atom. The Labute approximate surface area is 143 Å². The summed E-state index contributed by atoms with van der Waals surface area (Å²) < 4.78 is 67.9. The third-order valence-corrected chi connectivity index (χ3v) is 3.49. The van der Waals surface area contributed by atoms with E-state index in [1.54, 1.807) is 0 Å². The van der Waals surface area contributed by atoms with Crippen molar-refractivity contribution >= 4 is 11.7 Å².